The second-order valence-electron chi connectivity index (χ2n) is 7.44. The first-order chi connectivity index (χ1) is 14.8. The van der Waals surface area contributed by atoms with E-state index >= 15 is 0 Å². The largest absolute Gasteiger partial charge is 0.383 e. The molecule has 1 amide bonds. The van der Waals surface area contributed by atoms with E-state index in [0.29, 0.717) is 12.1 Å². The van der Waals surface area contributed by atoms with Gasteiger partial charge < -0.3 is 10.5 Å². The third-order valence-corrected chi connectivity index (χ3v) is 4.68. The minimum absolute atomic E-state index is 0.0555. The minimum atomic E-state index is -0.722. The van der Waals surface area contributed by atoms with Gasteiger partial charge in [-0.2, -0.15) is 5.10 Å². The van der Waals surface area contributed by atoms with Gasteiger partial charge in [-0.15, -0.1) is 0 Å². The Bertz CT molecular complexity index is 1150. The molecule has 3 aromatic rings. The summed E-state index contributed by atoms with van der Waals surface area (Å²) in [6.07, 6.45) is 3.45. The van der Waals surface area contributed by atoms with Crippen LogP contribution >= 0.6 is 0 Å². The van der Waals surface area contributed by atoms with Crippen molar-refractivity contribution in [1.82, 2.24) is 19.3 Å². The second kappa shape index (κ2) is 9.43. The summed E-state index contributed by atoms with van der Waals surface area (Å²) in [6.45, 7) is 4.42. The molecule has 1 aromatic carbocycles. The Morgan fingerprint density at radius 2 is 1.97 bits per heavy atom. The van der Waals surface area contributed by atoms with Crippen LogP contribution in [0.25, 0.3) is 5.69 Å². The van der Waals surface area contributed by atoms with E-state index < -0.39 is 17.2 Å². The molecule has 0 aliphatic carbocycles. The van der Waals surface area contributed by atoms with E-state index in [1.165, 1.54) is 16.6 Å². The van der Waals surface area contributed by atoms with Crippen molar-refractivity contribution in [3.8, 4) is 5.69 Å². The summed E-state index contributed by atoms with van der Waals surface area (Å²) in [4.78, 5) is 41.8. The molecule has 0 radical (unpaired) electrons. The minimum Gasteiger partial charge on any atom is -0.383 e. The Kier molecular flexibility index (Phi) is 6.71. The highest BCUT2D eigenvalue weighted by atomic mass is 16.5. The Morgan fingerprint density at radius 3 is 2.55 bits per heavy atom. The average molecular weight is 426 g/mol. The van der Waals surface area contributed by atoms with Crippen LogP contribution in [0, 0.1) is 5.92 Å². The lowest BCUT2D eigenvalue weighted by molar-refractivity contribution is 0.0975. The molecule has 0 saturated carbocycles. The van der Waals surface area contributed by atoms with E-state index in [-0.39, 0.29) is 30.6 Å². The molecular formula is C21H26N6O4. The standard InChI is InChI=1S/C21H26N6O4/c1-14(2)13-26-18(22)17(19(28)24-21(26)30)25(11-12-31-3)20(29)15-5-7-16(8-6-15)27-10-4-9-23-27/h4-10,14H,11-13,22H2,1-3H3,(H,24,28,30). The zero-order valence-electron chi connectivity index (χ0n) is 17.7. The molecule has 0 aliphatic rings. The van der Waals surface area contributed by atoms with E-state index in [4.69, 9.17) is 10.5 Å². The summed E-state index contributed by atoms with van der Waals surface area (Å²) in [5.41, 5.74) is 5.94. The number of aromatic amines is 1. The van der Waals surface area contributed by atoms with Crippen LogP contribution in [0.1, 0.15) is 24.2 Å². The third kappa shape index (κ3) is 4.75. The number of carbonyl (C=O) groups excluding carboxylic acids is 1. The van der Waals surface area contributed by atoms with Gasteiger partial charge in [0.15, 0.2) is 5.69 Å². The molecule has 10 heteroatoms. The smallest absolute Gasteiger partial charge is 0.330 e. The molecule has 164 valence electrons. The first-order valence-corrected chi connectivity index (χ1v) is 9.87. The van der Waals surface area contributed by atoms with Crippen molar-refractivity contribution in [3.63, 3.8) is 0 Å². The molecule has 0 unspecified atom stereocenters. The number of aromatic nitrogens is 4. The number of benzene rings is 1. The number of methoxy groups -OCH3 is 1. The lowest BCUT2D eigenvalue weighted by atomic mass is 10.1. The van der Waals surface area contributed by atoms with Crippen molar-refractivity contribution in [3.05, 3.63) is 69.1 Å². The lowest BCUT2D eigenvalue weighted by Crippen LogP contribution is -2.42. The summed E-state index contributed by atoms with van der Waals surface area (Å²) >= 11 is 0. The molecular weight excluding hydrogens is 400 g/mol. The fourth-order valence-corrected chi connectivity index (χ4v) is 3.22. The number of anilines is 2. The van der Waals surface area contributed by atoms with Gasteiger partial charge in [0.1, 0.15) is 5.82 Å². The van der Waals surface area contributed by atoms with E-state index in [9.17, 15) is 14.4 Å². The average Bonchev–Trinajstić information content (AvgIpc) is 3.28. The number of hydrogen-bond acceptors (Lipinski definition) is 6. The predicted octanol–water partition coefficient (Wildman–Crippen LogP) is 1.25. The van der Waals surface area contributed by atoms with Crippen molar-refractivity contribution in [2.45, 2.75) is 20.4 Å². The van der Waals surface area contributed by atoms with Crippen LogP contribution in [0.15, 0.2) is 52.3 Å². The summed E-state index contributed by atoms with van der Waals surface area (Å²) < 4.78 is 8.06. The van der Waals surface area contributed by atoms with Crippen LogP contribution in [-0.4, -0.2) is 45.5 Å². The van der Waals surface area contributed by atoms with Crippen LogP contribution in [0.3, 0.4) is 0 Å². The molecule has 0 bridgehead atoms. The first kappa shape index (κ1) is 22.0. The molecule has 10 nitrogen and oxygen atoms in total. The maximum Gasteiger partial charge on any atom is 0.330 e. The van der Waals surface area contributed by atoms with Crippen molar-refractivity contribution >= 4 is 17.4 Å². The highest BCUT2D eigenvalue weighted by molar-refractivity contribution is 6.07. The number of nitrogen functional groups attached to an aromatic ring is 1. The fraction of sp³-hybridized carbons (Fsp3) is 0.333. The van der Waals surface area contributed by atoms with Gasteiger partial charge in [0.05, 0.1) is 12.3 Å². The molecule has 0 fully saturated rings. The van der Waals surface area contributed by atoms with Gasteiger partial charge in [-0.05, 0) is 36.2 Å². The van der Waals surface area contributed by atoms with Gasteiger partial charge >= 0.3 is 5.69 Å². The molecule has 2 heterocycles. The van der Waals surface area contributed by atoms with Gasteiger partial charge in [0.25, 0.3) is 11.5 Å². The molecule has 2 aromatic heterocycles. The summed E-state index contributed by atoms with van der Waals surface area (Å²) in [7, 11) is 1.49. The van der Waals surface area contributed by atoms with Crippen LogP contribution in [0.4, 0.5) is 11.5 Å². The van der Waals surface area contributed by atoms with Crippen molar-refractivity contribution in [2.24, 2.45) is 5.92 Å². The number of nitrogens with two attached hydrogens (primary N) is 1. The van der Waals surface area contributed by atoms with Crippen molar-refractivity contribution in [2.75, 3.05) is 30.9 Å². The number of H-pyrrole nitrogens is 1. The Balaban J connectivity index is 2.03. The van der Waals surface area contributed by atoms with E-state index in [1.54, 1.807) is 47.4 Å². The highest BCUT2D eigenvalue weighted by Gasteiger charge is 2.25. The second-order valence-corrected chi connectivity index (χ2v) is 7.44. The van der Waals surface area contributed by atoms with Crippen LogP contribution in [0.5, 0.6) is 0 Å². The van der Waals surface area contributed by atoms with Crippen molar-refractivity contribution in [1.29, 1.82) is 0 Å². The number of hydrogen-bond donors (Lipinski definition) is 2. The molecule has 0 saturated heterocycles. The normalized spacial score (nSPS) is 11.1. The number of carbonyl (C=O) groups is 1. The molecule has 3 rings (SSSR count). The first-order valence-electron chi connectivity index (χ1n) is 9.87. The predicted molar refractivity (Wildman–Crippen MR) is 118 cm³/mol. The van der Waals surface area contributed by atoms with Crippen molar-refractivity contribution < 1.29 is 9.53 Å². The SMILES string of the molecule is COCCN(C(=O)c1ccc(-n2cccn2)cc1)c1c(N)n(CC(C)C)c(=O)[nH]c1=O. The quantitative estimate of drug-likeness (QED) is 0.558. The zero-order chi connectivity index (χ0) is 22.5. The number of rotatable bonds is 8. The van der Waals surface area contributed by atoms with E-state index in [2.05, 4.69) is 10.1 Å². The third-order valence-electron chi connectivity index (χ3n) is 4.68. The molecule has 3 N–H and O–H groups in total. The summed E-state index contributed by atoms with van der Waals surface area (Å²) in [5, 5.41) is 4.16. The maximum absolute atomic E-state index is 13.3. The Labute approximate surface area is 178 Å². The number of nitrogens with zero attached hydrogens (tertiary/aromatic N) is 4. The molecule has 0 spiro atoms. The maximum atomic E-state index is 13.3. The fourth-order valence-electron chi connectivity index (χ4n) is 3.22. The molecule has 31 heavy (non-hydrogen) atoms. The van der Waals surface area contributed by atoms with Gasteiger partial charge in [-0.1, -0.05) is 13.8 Å². The monoisotopic (exact) mass is 426 g/mol. The Hall–Kier alpha value is -3.66. The van der Waals surface area contributed by atoms with Gasteiger partial charge in [0.2, 0.25) is 0 Å². The van der Waals surface area contributed by atoms with Crippen LogP contribution in [-0.2, 0) is 11.3 Å². The Morgan fingerprint density at radius 1 is 1.26 bits per heavy atom. The van der Waals surface area contributed by atoms with E-state index in [1.807, 2.05) is 13.8 Å². The van der Waals surface area contributed by atoms with Gasteiger partial charge in [-0.3, -0.25) is 24.0 Å². The summed E-state index contributed by atoms with van der Waals surface area (Å²) in [5.74, 6) is -0.382. The van der Waals surface area contributed by atoms with Gasteiger partial charge in [-0.25, -0.2) is 9.48 Å². The number of amides is 1. The molecule has 0 atom stereocenters. The molecule has 0 aliphatic heterocycles. The lowest BCUT2D eigenvalue weighted by Gasteiger charge is -2.25. The number of ether oxygens (including phenoxy) is 1. The topological polar surface area (TPSA) is 128 Å². The summed E-state index contributed by atoms with van der Waals surface area (Å²) in [6, 6.07) is 8.60. The zero-order valence-corrected chi connectivity index (χ0v) is 17.7. The van der Waals surface area contributed by atoms with Crippen LogP contribution in [0.2, 0.25) is 0 Å². The number of nitrogens with one attached hydrogen (secondary N) is 1. The van der Waals surface area contributed by atoms with Gasteiger partial charge in [0, 0.05) is 38.2 Å². The van der Waals surface area contributed by atoms with E-state index in [0.717, 1.165) is 5.69 Å². The van der Waals surface area contributed by atoms with Crippen LogP contribution < -0.4 is 21.9 Å². The highest BCUT2D eigenvalue weighted by Crippen LogP contribution is 2.20.